The summed E-state index contributed by atoms with van der Waals surface area (Å²) in [6.07, 6.45) is 1.62. The van der Waals surface area contributed by atoms with Crippen LogP contribution in [0.25, 0.3) is 11.5 Å². The van der Waals surface area contributed by atoms with E-state index in [1.807, 2.05) is 37.3 Å². The second-order valence-corrected chi connectivity index (χ2v) is 8.30. The van der Waals surface area contributed by atoms with Crippen LogP contribution in [0, 0.1) is 0 Å². The highest BCUT2D eigenvalue weighted by atomic mass is 127. The van der Waals surface area contributed by atoms with E-state index in [4.69, 9.17) is 4.42 Å². The van der Waals surface area contributed by atoms with E-state index in [1.165, 1.54) is 7.05 Å². The number of aliphatic imine (C=N–C) groups is 1. The quantitative estimate of drug-likeness (QED) is 0.224. The Hall–Kier alpha value is -2.44. The molecule has 0 saturated heterocycles. The Balaban J connectivity index is 0.00000341. The molecule has 1 aromatic heterocycles. The van der Waals surface area contributed by atoms with Crippen LogP contribution in [-0.4, -0.2) is 33.0 Å². The largest absolute Gasteiger partial charge is 0.444 e. The van der Waals surface area contributed by atoms with E-state index in [9.17, 15) is 8.42 Å². The second kappa shape index (κ2) is 11.8. The fourth-order valence-corrected chi connectivity index (χ4v) is 3.41. The summed E-state index contributed by atoms with van der Waals surface area (Å²) < 4.78 is 31.5. The van der Waals surface area contributed by atoms with Gasteiger partial charge in [0.25, 0.3) is 0 Å². The number of aromatic nitrogens is 1. The molecular formula is C21H26IN5O3S. The zero-order valence-corrected chi connectivity index (χ0v) is 20.5. The van der Waals surface area contributed by atoms with Crippen LogP contribution in [0.5, 0.6) is 0 Å². The summed E-state index contributed by atoms with van der Waals surface area (Å²) in [6.45, 7) is 3.56. The summed E-state index contributed by atoms with van der Waals surface area (Å²) >= 11 is 0. The molecule has 31 heavy (non-hydrogen) atoms. The Morgan fingerprint density at radius 2 is 1.77 bits per heavy atom. The molecule has 0 saturated carbocycles. The lowest BCUT2D eigenvalue weighted by atomic mass is 10.2. The van der Waals surface area contributed by atoms with Gasteiger partial charge in [0.05, 0.1) is 23.7 Å². The maximum Gasteiger partial charge on any atom is 0.240 e. The number of nitrogens with one attached hydrogen (secondary N) is 3. The number of guanidine groups is 1. The van der Waals surface area contributed by atoms with Crippen molar-refractivity contribution in [3.63, 3.8) is 0 Å². The first-order chi connectivity index (χ1) is 14.5. The summed E-state index contributed by atoms with van der Waals surface area (Å²) in [6, 6.07) is 16.4. The first kappa shape index (κ1) is 24.8. The lowest BCUT2D eigenvalue weighted by molar-refractivity contribution is 0.572. The third-order valence-electron chi connectivity index (χ3n) is 4.28. The molecule has 2 aromatic carbocycles. The first-order valence-corrected chi connectivity index (χ1v) is 11.0. The van der Waals surface area contributed by atoms with Gasteiger partial charge in [-0.1, -0.05) is 30.3 Å². The SMILES string of the molecule is CCNC(=NCc1ccc(S(=O)(=O)NC)cc1)NCc1coc(-c2ccccc2)n1.I. The number of rotatable bonds is 8. The predicted octanol–water partition coefficient (Wildman–Crippen LogP) is 3.12. The van der Waals surface area contributed by atoms with Crippen LogP contribution in [0.15, 0.2) is 75.2 Å². The molecule has 0 unspecified atom stereocenters. The van der Waals surface area contributed by atoms with Crippen LogP contribution in [0.3, 0.4) is 0 Å². The Labute approximate surface area is 199 Å². The van der Waals surface area contributed by atoms with E-state index in [1.54, 1.807) is 30.5 Å². The minimum absolute atomic E-state index is 0. The highest BCUT2D eigenvalue weighted by Crippen LogP contribution is 2.17. The van der Waals surface area contributed by atoms with Crippen molar-refractivity contribution in [2.24, 2.45) is 4.99 Å². The minimum atomic E-state index is -3.44. The van der Waals surface area contributed by atoms with Crippen molar-refractivity contribution in [1.82, 2.24) is 20.3 Å². The van der Waals surface area contributed by atoms with E-state index in [0.29, 0.717) is 31.5 Å². The van der Waals surface area contributed by atoms with E-state index >= 15 is 0 Å². The molecule has 0 amide bonds. The number of benzene rings is 2. The van der Waals surface area contributed by atoms with Gasteiger partial charge in [-0.25, -0.2) is 23.1 Å². The van der Waals surface area contributed by atoms with Crippen molar-refractivity contribution in [3.8, 4) is 11.5 Å². The number of sulfonamides is 1. The molecular weight excluding hydrogens is 529 g/mol. The lowest BCUT2D eigenvalue weighted by Gasteiger charge is -2.10. The van der Waals surface area contributed by atoms with Crippen LogP contribution in [0.4, 0.5) is 0 Å². The molecule has 0 fully saturated rings. The maximum absolute atomic E-state index is 11.8. The number of nitrogens with zero attached hydrogens (tertiary/aromatic N) is 2. The normalized spacial score (nSPS) is 11.6. The highest BCUT2D eigenvalue weighted by Gasteiger charge is 2.10. The molecule has 0 aliphatic rings. The van der Waals surface area contributed by atoms with Gasteiger partial charge >= 0.3 is 0 Å². The van der Waals surface area contributed by atoms with Crippen molar-refractivity contribution < 1.29 is 12.8 Å². The fourth-order valence-electron chi connectivity index (χ4n) is 2.68. The standard InChI is InChI=1S/C21H25N5O3S.HI/c1-3-23-21(24-13-16-9-11-19(12-10-16)30(27,28)22-2)25-14-18-15-29-20(26-18)17-7-5-4-6-8-17;/h4-12,15,22H,3,13-14H2,1-2H3,(H2,23,24,25);1H. The van der Waals surface area contributed by atoms with Crippen LogP contribution >= 0.6 is 24.0 Å². The van der Waals surface area contributed by atoms with Gasteiger partial charge in [0.2, 0.25) is 15.9 Å². The molecule has 10 heteroatoms. The molecule has 0 atom stereocenters. The number of hydrogen-bond donors (Lipinski definition) is 3. The number of oxazole rings is 1. The molecule has 0 bridgehead atoms. The van der Waals surface area contributed by atoms with Gasteiger partial charge < -0.3 is 15.1 Å². The van der Waals surface area contributed by atoms with Crippen molar-refractivity contribution in [3.05, 3.63) is 72.1 Å². The molecule has 3 rings (SSSR count). The summed E-state index contributed by atoms with van der Waals surface area (Å²) in [7, 11) is -2.05. The average molecular weight is 555 g/mol. The van der Waals surface area contributed by atoms with Crippen LogP contribution < -0.4 is 15.4 Å². The summed E-state index contributed by atoms with van der Waals surface area (Å²) in [5.74, 6) is 1.21. The van der Waals surface area contributed by atoms with Crippen molar-refractivity contribution in [2.45, 2.75) is 24.9 Å². The molecule has 3 aromatic rings. The van der Waals surface area contributed by atoms with Crippen molar-refractivity contribution in [1.29, 1.82) is 0 Å². The summed E-state index contributed by atoms with van der Waals surface area (Å²) in [4.78, 5) is 9.27. The van der Waals surface area contributed by atoms with E-state index in [2.05, 4.69) is 25.3 Å². The van der Waals surface area contributed by atoms with Gasteiger partial charge in [-0.3, -0.25) is 0 Å². The van der Waals surface area contributed by atoms with Crippen LogP contribution in [-0.2, 0) is 23.1 Å². The zero-order chi connectivity index (χ0) is 21.4. The fraction of sp³-hybridized carbons (Fsp3) is 0.238. The number of halogens is 1. The molecule has 1 heterocycles. The molecule has 0 aliphatic carbocycles. The Morgan fingerprint density at radius 3 is 2.42 bits per heavy atom. The monoisotopic (exact) mass is 555 g/mol. The highest BCUT2D eigenvalue weighted by molar-refractivity contribution is 14.0. The molecule has 3 N–H and O–H groups in total. The van der Waals surface area contributed by atoms with Gasteiger partial charge in [0.15, 0.2) is 5.96 Å². The minimum Gasteiger partial charge on any atom is -0.444 e. The van der Waals surface area contributed by atoms with Crippen LogP contribution in [0.1, 0.15) is 18.2 Å². The van der Waals surface area contributed by atoms with Gasteiger partial charge in [0, 0.05) is 12.1 Å². The van der Waals surface area contributed by atoms with Gasteiger partial charge in [-0.15, -0.1) is 24.0 Å². The Bertz CT molecular complexity index is 1080. The predicted molar refractivity (Wildman–Crippen MR) is 132 cm³/mol. The molecule has 166 valence electrons. The van der Waals surface area contributed by atoms with Crippen LogP contribution in [0.2, 0.25) is 0 Å². The summed E-state index contributed by atoms with van der Waals surface area (Å²) in [5.41, 5.74) is 2.59. The van der Waals surface area contributed by atoms with Gasteiger partial charge in [-0.05, 0) is 43.8 Å². The summed E-state index contributed by atoms with van der Waals surface area (Å²) in [5, 5.41) is 6.41. The first-order valence-electron chi connectivity index (χ1n) is 9.56. The number of hydrogen-bond acceptors (Lipinski definition) is 5. The third-order valence-corrected chi connectivity index (χ3v) is 5.71. The van der Waals surface area contributed by atoms with Crippen molar-refractivity contribution in [2.75, 3.05) is 13.6 Å². The Morgan fingerprint density at radius 1 is 1.06 bits per heavy atom. The molecule has 8 nitrogen and oxygen atoms in total. The van der Waals surface area contributed by atoms with E-state index in [0.717, 1.165) is 16.8 Å². The van der Waals surface area contributed by atoms with Gasteiger partial charge in [-0.2, -0.15) is 0 Å². The van der Waals surface area contributed by atoms with E-state index in [-0.39, 0.29) is 28.9 Å². The second-order valence-electron chi connectivity index (χ2n) is 6.41. The van der Waals surface area contributed by atoms with Gasteiger partial charge in [0.1, 0.15) is 6.26 Å². The smallest absolute Gasteiger partial charge is 0.240 e. The lowest BCUT2D eigenvalue weighted by Crippen LogP contribution is -2.36. The topological polar surface area (TPSA) is 109 Å². The molecule has 0 radical (unpaired) electrons. The van der Waals surface area contributed by atoms with E-state index < -0.39 is 10.0 Å². The third kappa shape index (κ3) is 7.04. The molecule has 0 spiro atoms. The van der Waals surface area contributed by atoms with Crippen molar-refractivity contribution >= 4 is 40.0 Å². The maximum atomic E-state index is 11.8. The zero-order valence-electron chi connectivity index (χ0n) is 17.3. The molecule has 0 aliphatic heterocycles. The Kier molecular flexibility index (Phi) is 9.46. The average Bonchev–Trinajstić information content (AvgIpc) is 3.26.